The van der Waals surface area contributed by atoms with Gasteiger partial charge in [0, 0.05) is 26.2 Å². The summed E-state index contributed by atoms with van der Waals surface area (Å²) in [5.41, 5.74) is 6.50. The minimum absolute atomic E-state index is 0.218. The minimum Gasteiger partial charge on any atom is -0.395 e. The summed E-state index contributed by atoms with van der Waals surface area (Å²) in [6, 6.07) is 0. The van der Waals surface area contributed by atoms with E-state index in [0.29, 0.717) is 5.69 Å². The molecule has 0 amide bonds. The largest absolute Gasteiger partial charge is 0.395 e. The van der Waals surface area contributed by atoms with Crippen LogP contribution in [0.4, 0.5) is 11.5 Å². The zero-order chi connectivity index (χ0) is 12.1. The molecule has 0 atom stereocenters. The molecule has 1 aromatic heterocycles. The van der Waals surface area contributed by atoms with Gasteiger partial charge in [-0.15, -0.1) is 0 Å². The Kier molecular flexibility index (Phi) is 4.11. The van der Waals surface area contributed by atoms with Crippen LogP contribution in [0.15, 0.2) is 12.5 Å². The maximum atomic E-state index is 8.94. The van der Waals surface area contributed by atoms with Crippen molar-refractivity contribution in [3.8, 4) is 0 Å². The number of aromatic nitrogens is 2. The van der Waals surface area contributed by atoms with Crippen molar-refractivity contribution in [2.45, 2.75) is 6.42 Å². The number of anilines is 2. The molecule has 0 bridgehead atoms. The van der Waals surface area contributed by atoms with Gasteiger partial charge < -0.3 is 15.7 Å². The number of nitrogens with zero attached hydrogens (tertiary/aromatic N) is 4. The lowest BCUT2D eigenvalue weighted by atomic mass is 10.3. The Balaban J connectivity index is 2.01. The second-order valence-corrected chi connectivity index (χ2v) is 4.21. The molecule has 3 N–H and O–H groups in total. The van der Waals surface area contributed by atoms with E-state index in [1.54, 1.807) is 6.20 Å². The van der Waals surface area contributed by atoms with Gasteiger partial charge in [-0.1, -0.05) is 0 Å². The van der Waals surface area contributed by atoms with Crippen molar-refractivity contribution in [1.82, 2.24) is 14.9 Å². The van der Waals surface area contributed by atoms with E-state index in [1.165, 1.54) is 6.33 Å². The highest BCUT2D eigenvalue weighted by Crippen LogP contribution is 2.19. The molecule has 0 spiro atoms. The van der Waals surface area contributed by atoms with Crippen molar-refractivity contribution in [3.63, 3.8) is 0 Å². The van der Waals surface area contributed by atoms with Crippen molar-refractivity contribution in [2.24, 2.45) is 0 Å². The van der Waals surface area contributed by atoms with Gasteiger partial charge in [-0.2, -0.15) is 0 Å². The van der Waals surface area contributed by atoms with Crippen molar-refractivity contribution in [1.29, 1.82) is 0 Å². The lowest BCUT2D eigenvalue weighted by molar-refractivity contribution is 0.204. The lowest BCUT2D eigenvalue weighted by Crippen LogP contribution is -2.33. The smallest absolute Gasteiger partial charge is 0.155 e. The molecule has 6 nitrogen and oxygen atoms in total. The van der Waals surface area contributed by atoms with Gasteiger partial charge in [0.1, 0.15) is 6.33 Å². The Morgan fingerprint density at radius 2 is 2.18 bits per heavy atom. The van der Waals surface area contributed by atoms with Crippen LogP contribution in [-0.2, 0) is 0 Å². The van der Waals surface area contributed by atoms with Gasteiger partial charge in [-0.05, 0) is 13.0 Å². The Labute approximate surface area is 101 Å². The van der Waals surface area contributed by atoms with Gasteiger partial charge >= 0.3 is 0 Å². The molecule has 94 valence electrons. The monoisotopic (exact) mass is 237 g/mol. The number of nitrogen functional groups attached to an aromatic ring is 1. The second-order valence-electron chi connectivity index (χ2n) is 4.21. The van der Waals surface area contributed by atoms with E-state index in [-0.39, 0.29) is 6.61 Å². The molecule has 0 aliphatic carbocycles. The molecule has 1 aromatic rings. The number of rotatable bonds is 3. The highest BCUT2D eigenvalue weighted by molar-refractivity contribution is 5.60. The average molecular weight is 237 g/mol. The molecule has 2 heterocycles. The van der Waals surface area contributed by atoms with Crippen LogP contribution >= 0.6 is 0 Å². The van der Waals surface area contributed by atoms with Crippen LogP contribution in [0.3, 0.4) is 0 Å². The number of aliphatic hydroxyl groups is 1. The van der Waals surface area contributed by atoms with Gasteiger partial charge in [-0.3, -0.25) is 4.90 Å². The van der Waals surface area contributed by atoms with E-state index in [4.69, 9.17) is 10.8 Å². The number of aliphatic hydroxyl groups excluding tert-OH is 1. The van der Waals surface area contributed by atoms with Crippen LogP contribution in [0.2, 0.25) is 0 Å². The van der Waals surface area contributed by atoms with E-state index in [2.05, 4.69) is 19.8 Å². The molecular weight excluding hydrogens is 218 g/mol. The highest BCUT2D eigenvalue weighted by atomic mass is 16.3. The maximum absolute atomic E-state index is 8.94. The summed E-state index contributed by atoms with van der Waals surface area (Å²) in [7, 11) is 0. The number of β-amino-alcohol motifs (C(OH)–C–C–N with tert-alkyl or cyclic N) is 1. The molecular formula is C11H19N5O. The topological polar surface area (TPSA) is 78.5 Å². The fraction of sp³-hybridized carbons (Fsp3) is 0.636. The van der Waals surface area contributed by atoms with E-state index in [9.17, 15) is 0 Å². The van der Waals surface area contributed by atoms with Crippen LogP contribution in [0.25, 0.3) is 0 Å². The molecule has 1 aliphatic heterocycles. The zero-order valence-corrected chi connectivity index (χ0v) is 9.92. The summed E-state index contributed by atoms with van der Waals surface area (Å²) in [5.74, 6) is 0.825. The van der Waals surface area contributed by atoms with Crippen LogP contribution < -0.4 is 10.6 Å². The summed E-state index contributed by atoms with van der Waals surface area (Å²) in [4.78, 5) is 12.6. The molecule has 1 aliphatic rings. The first-order valence-corrected chi connectivity index (χ1v) is 5.95. The maximum Gasteiger partial charge on any atom is 0.155 e. The van der Waals surface area contributed by atoms with Gasteiger partial charge in [0.15, 0.2) is 5.82 Å². The Hall–Kier alpha value is -1.40. The first kappa shape index (κ1) is 12.1. The summed E-state index contributed by atoms with van der Waals surface area (Å²) in [6.07, 6.45) is 4.23. The van der Waals surface area contributed by atoms with Gasteiger partial charge in [-0.25, -0.2) is 9.97 Å². The summed E-state index contributed by atoms with van der Waals surface area (Å²) in [5, 5.41) is 8.94. The predicted octanol–water partition coefficient (Wildman–Crippen LogP) is -0.437. The second kappa shape index (κ2) is 5.79. The molecule has 0 unspecified atom stereocenters. The Bertz CT molecular complexity index is 359. The average Bonchev–Trinajstić information content (AvgIpc) is 2.56. The zero-order valence-electron chi connectivity index (χ0n) is 9.92. The van der Waals surface area contributed by atoms with E-state index in [1.807, 2.05) is 0 Å². The molecule has 1 saturated heterocycles. The molecule has 17 heavy (non-hydrogen) atoms. The summed E-state index contributed by atoms with van der Waals surface area (Å²) >= 11 is 0. The SMILES string of the molecule is Nc1cncnc1N1CCCN(CCO)CC1. The molecule has 6 heteroatoms. The Morgan fingerprint density at radius 3 is 2.94 bits per heavy atom. The lowest BCUT2D eigenvalue weighted by Gasteiger charge is -2.23. The van der Waals surface area contributed by atoms with Crippen molar-refractivity contribution >= 4 is 11.5 Å². The van der Waals surface area contributed by atoms with E-state index >= 15 is 0 Å². The molecule has 0 aromatic carbocycles. The molecule has 1 fully saturated rings. The number of nitrogens with two attached hydrogens (primary N) is 1. The third kappa shape index (κ3) is 3.04. The third-order valence-electron chi connectivity index (χ3n) is 3.02. The number of hydrogen-bond donors (Lipinski definition) is 2. The van der Waals surface area contributed by atoms with Crippen LogP contribution in [-0.4, -0.2) is 59.3 Å². The third-order valence-corrected chi connectivity index (χ3v) is 3.02. The molecule has 0 radical (unpaired) electrons. The fourth-order valence-electron chi connectivity index (χ4n) is 2.15. The van der Waals surface area contributed by atoms with Gasteiger partial charge in [0.25, 0.3) is 0 Å². The van der Waals surface area contributed by atoms with Crippen LogP contribution in [0.1, 0.15) is 6.42 Å². The molecule has 2 rings (SSSR count). The standard InChI is InChI=1S/C11H19N5O/c12-10-8-13-9-14-11(10)16-3-1-2-15(4-5-16)6-7-17/h8-9,17H,1-7,12H2. The van der Waals surface area contributed by atoms with Gasteiger partial charge in [0.05, 0.1) is 18.5 Å². The van der Waals surface area contributed by atoms with Crippen molar-refractivity contribution in [3.05, 3.63) is 12.5 Å². The van der Waals surface area contributed by atoms with Crippen molar-refractivity contribution in [2.75, 3.05) is 50.0 Å². The van der Waals surface area contributed by atoms with Crippen molar-refractivity contribution < 1.29 is 5.11 Å². The first-order valence-electron chi connectivity index (χ1n) is 5.95. The Morgan fingerprint density at radius 1 is 1.29 bits per heavy atom. The normalized spacial score (nSPS) is 18.1. The van der Waals surface area contributed by atoms with Crippen LogP contribution in [0.5, 0.6) is 0 Å². The predicted molar refractivity (Wildman–Crippen MR) is 66.8 cm³/mol. The minimum atomic E-state index is 0.218. The van der Waals surface area contributed by atoms with Gasteiger partial charge in [0.2, 0.25) is 0 Å². The van der Waals surface area contributed by atoms with E-state index in [0.717, 1.165) is 45.0 Å². The summed E-state index contributed by atoms with van der Waals surface area (Å²) < 4.78 is 0. The fourth-order valence-corrected chi connectivity index (χ4v) is 2.15. The number of hydrogen-bond acceptors (Lipinski definition) is 6. The molecule has 0 saturated carbocycles. The summed E-state index contributed by atoms with van der Waals surface area (Å²) in [6.45, 7) is 4.75. The first-order chi connectivity index (χ1) is 8.31. The van der Waals surface area contributed by atoms with Crippen LogP contribution in [0, 0.1) is 0 Å². The highest BCUT2D eigenvalue weighted by Gasteiger charge is 2.17. The quantitative estimate of drug-likeness (QED) is 0.742. The van der Waals surface area contributed by atoms with E-state index < -0.39 is 0 Å².